The molecule has 0 aliphatic heterocycles. The summed E-state index contributed by atoms with van der Waals surface area (Å²) in [6.07, 6.45) is 6.62. The summed E-state index contributed by atoms with van der Waals surface area (Å²) in [6.45, 7) is 0. The first-order chi connectivity index (χ1) is 60.0. The van der Waals surface area contributed by atoms with Crippen LogP contribution in [0.15, 0.2) is 443 Å². The van der Waals surface area contributed by atoms with E-state index in [4.69, 9.17) is 4.98 Å². The Bertz CT molecular complexity index is 7340. The Morgan fingerprint density at radius 3 is 0.843 bits per heavy atom. The second-order valence-electron chi connectivity index (χ2n) is 32.7. The molecule has 5 nitrogen and oxygen atoms in total. The molecule has 0 saturated carbocycles. The van der Waals surface area contributed by atoms with E-state index in [9.17, 15) is 0 Å². The molecule has 568 valence electrons. The maximum atomic E-state index is 4.82. The van der Waals surface area contributed by atoms with Gasteiger partial charge in [-0.1, -0.05) is 346 Å². The molecule has 0 amide bonds. The van der Waals surface area contributed by atoms with Gasteiger partial charge in [-0.05, 0) is 212 Å². The molecule has 0 radical (unpaired) electrons. The van der Waals surface area contributed by atoms with Crippen molar-refractivity contribution in [2.24, 2.45) is 0 Å². The van der Waals surface area contributed by atoms with Gasteiger partial charge >= 0.3 is 0 Å². The van der Waals surface area contributed by atoms with Gasteiger partial charge in [-0.2, -0.15) is 0 Å². The van der Waals surface area contributed by atoms with Gasteiger partial charge in [0.25, 0.3) is 0 Å². The molecule has 25 rings (SSSR count). The van der Waals surface area contributed by atoms with Crippen molar-refractivity contribution >= 4 is 123 Å². The average molecular weight is 1580 g/mol. The molecule has 3 aliphatic carbocycles. The number of fused-ring (bicyclic) bond motifs is 18. The molecule has 0 bridgehead atoms. The van der Waals surface area contributed by atoms with Crippen molar-refractivity contribution in [1.82, 2.24) is 23.3 Å². The van der Waals surface area contributed by atoms with Crippen molar-refractivity contribution in [2.45, 2.75) is 19.3 Å². The summed E-state index contributed by atoms with van der Waals surface area (Å²) < 4.78 is 9.81. The summed E-state index contributed by atoms with van der Waals surface area (Å²) in [4.78, 5) is 4.82. The number of benzene rings is 18. The van der Waals surface area contributed by atoms with Gasteiger partial charge in [0.05, 0.1) is 33.1 Å². The van der Waals surface area contributed by atoms with Crippen molar-refractivity contribution in [1.29, 1.82) is 0 Å². The van der Waals surface area contributed by atoms with Crippen LogP contribution >= 0.6 is 0 Å². The van der Waals surface area contributed by atoms with Gasteiger partial charge in [-0.3, -0.25) is 4.57 Å². The lowest BCUT2D eigenvalue weighted by Gasteiger charge is -2.38. The molecule has 0 atom stereocenters. The Balaban J connectivity index is 0.000000139. The molecule has 4 heterocycles. The van der Waals surface area contributed by atoms with E-state index in [1.165, 1.54) is 191 Å². The molecule has 0 N–H and O–H groups in total. The third-order valence-corrected chi connectivity index (χ3v) is 36.3. The summed E-state index contributed by atoms with van der Waals surface area (Å²) in [5, 5.41) is 18.9. The molecule has 0 fully saturated rings. The van der Waals surface area contributed by atoms with E-state index in [0.29, 0.717) is 0 Å². The first kappa shape index (κ1) is 70.2. The zero-order chi connectivity index (χ0) is 79.7. The summed E-state index contributed by atoms with van der Waals surface area (Å²) in [6, 6.07) is 162. The zero-order valence-corrected chi connectivity index (χ0v) is 68.5. The van der Waals surface area contributed by atoms with Gasteiger partial charge in [-0.15, -0.1) is 0 Å². The van der Waals surface area contributed by atoms with Crippen LogP contribution in [0.4, 0.5) is 0 Å². The Morgan fingerprint density at radius 1 is 0.215 bits per heavy atom. The lowest BCUT2D eigenvalue weighted by atomic mass is 10.0. The van der Waals surface area contributed by atoms with Crippen molar-refractivity contribution in [3.63, 3.8) is 0 Å². The van der Waals surface area contributed by atoms with Crippen LogP contribution < -0.4 is 41.5 Å². The van der Waals surface area contributed by atoms with E-state index in [1.54, 1.807) is 0 Å². The van der Waals surface area contributed by atoms with Gasteiger partial charge in [0.15, 0.2) is 16.1 Å². The number of nitrogens with zero attached hydrogens (tertiary/aromatic N) is 5. The highest BCUT2D eigenvalue weighted by molar-refractivity contribution is 7.21. The zero-order valence-electron chi connectivity index (χ0n) is 66.5. The van der Waals surface area contributed by atoms with E-state index in [-0.39, 0.29) is 0 Å². The lowest BCUT2D eigenvalue weighted by Crippen LogP contribution is -2.76. The van der Waals surface area contributed by atoms with E-state index in [1.807, 2.05) is 6.20 Å². The van der Waals surface area contributed by atoms with Crippen LogP contribution in [-0.4, -0.2) is 39.4 Å². The molecule has 0 saturated heterocycles. The first-order valence-corrected chi connectivity index (χ1v) is 46.2. The molecule has 0 spiro atoms. The average Bonchev–Trinajstić information content (AvgIpc) is 1.63. The lowest BCUT2D eigenvalue weighted by molar-refractivity contribution is 1.07. The molecule has 18 aromatic carbocycles. The Hall–Kier alpha value is -15.0. The van der Waals surface area contributed by atoms with E-state index in [0.717, 1.165) is 36.3 Å². The second kappa shape index (κ2) is 28.4. The number of rotatable bonds is 13. The third-order valence-electron chi connectivity index (χ3n) is 26.5. The van der Waals surface area contributed by atoms with Crippen LogP contribution in [0.25, 0.3) is 133 Å². The number of imidazole rings is 1. The highest BCUT2D eigenvalue weighted by Gasteiger charge is 2.49. The predicted molar refractivity (Wildman–Crippen MR) is 510 cm³/mol. The van der Waals surface area contributed by atoms with Gasteiger partial charge in [0.2, 0.25) is 0 Å². The van der Waals surface area contributed by atoms with Crippen LogP contribution in [0.3, 0.4) is 0 Å². The van der Waals surface area contributed by atoms with Crippen molar-refractivity contribution < 1.29 is 0 Å². The maximum absolute atomic E-state index is 4.82. The van der Waals surface area contributed by atoms with E-state index < -0.39 is 16.1 Å². The van der Waals surface area contributed by atoms with Crippen molar-refractivity contribution in [2.75, 3.05) is 0 Å². The molecule has 121 heavy (non-hydrogen) atoms. The highest BCUT2D eigenvalue weighted by atomic mass is 28.3. The largest absolute Gasteiger partial charge is 0.309 e. The third kappa shape index (κ3) is 10.9. The second-order valence-corrected chi connectivity index (χ2v) is 40.2. The van der Waals surface area contributed by atoms with Crippen molar-refractivity contribution in [3.05, 3.63) is 476 Å². The summed E-state index contributed by atoms with van der Waals surface area (Å²) in [5.74, 6) is 0.937. The fourth-order valence-electron chi connectivity index (χ4n) is 21.5. The fourth-order valence-corrected chi connectivity index (χ4v) is 31.9. The number of para-hydroxylation sites is 6. The van der Waals surface area contributed by atoms with Gasteiger partial charge < -0.3 is 13.7 Å². The monoisotopic (exact) mass is 1570 g/mol. The molecule has 22 aromatic rings. The van der Waals surface area contributed by atoms with Crippen molar-refractivity contribution in [3.8, 4) is 67.5 Å². The van der Waals surface area contributed by atoms with Crippen LogP contribution in [0.1, 0.15) is 33.4 Å². The van der Waals surface area contributed by atoms with Crippen LogP contribution in [0.5, 0.6) is 0 Å². The van der Waals surface area contributed by atoms with Gasteiger partial charge in [0.1, 0.15) is 5.82 Å². The number of hydrogen-bond acceptors (Lipinski definition) is 1. The molecule has 0 unspecified atom stereocenters. The molecular weight excluding hydrogens is 1500 g/mol. The topological polar surface area (TPSA) is 32.6 Å². The summed E-state index contributed by atoms with van der Waals surface area (Å²) in [5.41, 5.74) is 29.5. The highest BCUT2D eigenvalue weighted by Crippen LogP contribution is 2.46. The quantitative estimate of drug-likeness (QED) is 0.0836. The summed E-state index contributed by atoms with van der Waals surface area (Å²) >= 11 is 0. The number of aromatic nitrogens is 5. The van der Waals surface area contributed by atoms with Crippen LogP contribution in [0.2, 0.25) is 0 Å². The molecular formula is C114H79N5Si2. The molecule has 3 aliphatic rings. The Morgan fingerprint density at radius 2 is 0.488 bits per heavy atom. The van der Waals surface area contributed by atoms with E-state index >= 15 is 0 Å². The SMILES string of the molecule is c1ccc(-c2nccn2-c2ccc3c(c2)-c2cc(-n4c5ccccc5c5ccccc54)cc([Si](c4ccccc4)(c4ccccc4)c4ccccc4)c2C3)cc1.c1ccc([Si](c2ccccc2)(c2cc(-n3c4ccccc4c4ccccc43)cc3c2Cc2ccccc2-3)c2cc(-n3c4ccccc4c4ccccc43)cc3c2Cc2ccccc2-3)cc1. The normalized spacial score (nSPS) is 12.5. The van der Waals surface area contributed by atoms with Gasteiger partial charge in [-0.25, -0.2) is 4.98 Å². The minimum atomic E-state index is -3.28. The molecule has 4 aromatic heterocycles. The molecule has 7 heteroatoms. The summed E-state index contributed by atoms with van der Waals surface area (Å²) in [7, 11) is -6.20. The van der Waals surface area contributed by atoms with Gasteiger partial charge in [0, 0.05) is 73.0 Å². The minimum absolute atomic E-state index is 0.866. The van der Waals surface area contributed by atoms with E-state index in [2.05, 4.69) is 455 Å². The standard InChI is InChI=1S/C62H42N2Si.C52H37N3Si/c1-3-21-45(22-4-1)65(46-23-5-2-6-24-46,61-39-43(37-53-47-25-9-7-19-41(47)35-55(53)61)63-57-31-15-11-27-49(57)50-28-12-16-32-58(50)63)62-40-44(38-54-48-26-10-8-20-42(48)36-56(54)62)64-59-33-17-13-29-51(59)52-30-14-18-34-60(52)64;1-5-17-37(18-6-1)52-53-31-32-54(52)39-30-29-38-33-48-47(46(38)34-39)35-40(55-49-27-15-13-25-44(49)45-26-14-16-28-50(45)55)36-51(48)56(41-19-7-2-8-20-41,42-21-9-3-10-22-42)43-23-11-4-12-24-43/h1-34,37-40H,35-36H2;1-32,34-36H,33H2. The maximum Gasteiger partial charge on any atom is 0.180 e. The first-order valence-electron chi connectivity index (χ1n) is 42.2. The Kier molecular flexibility index (Phi) is 16.5. The fraction of sp³-hybridized carbons (Fsp3) is 0.0263. The van der Waals surface area contributed by atoms with Crippen LogP contribution in [0, 0.1) is 0 Å². The Labute approximate surface area is 704 Å². The smallest absolute Gasteiger partial charge is 0.180 e. The predicted octanol–water partition coefficient (Wildman–Crippen LogP) is 22.0. The minimum Gasteiger partial charge on any atom is -0.309 e. The number of hydrogen-bond donors (Lipinski definition) is 0. The van der Waals surface area contributed by atoms with Crippen LogP contribution in [-0.2, 0) is 19.3 Å².